The molecule has 1 heterocycles. The monoisotopic (exact) mass is 480 g/mol. The highest BCUT2D eigenvalue weighted by Crippen LogP contribution is 2.44. The molecule has 2 aliphatic rings. The van der Waals surface area contributed by atoms with Crippen LogP contribution in [0.4, 0.5) is 4.79 Å². The van der Waals surface area contributed by atoms with Crippen LogP contribution >= 0.6 is 0 Å². The molecule has 1 atom stereocenters. The van der Waals surface area contributed by atoms with Gasteiger partial charge >= 0.3 is 12.1 Å². The van der Waals surface area contributed by atoms with Crippen molar-refractivity contribution in [1.82, 2.24) is 10.2 Å². The first kappa shape index (κ1) is 24.7. The molecule has 0 spiro atoms. The predicted molar refractivity (Wildman–Crippen MR) is 130 cm³/mol. The Bertz CT molecular complexity index is 1060. The van der Waals surface area contributed by atoms with E-state index in [0.29, 0.717) is 0 Å². The summed E-state index contributed by atoms with van der Waals surface area (Å²) in [6.45, 7) is 4.36. The third kappa shape index (κ3) is 4.75. The van der Waals surface area contributed by atoms with Crippen molar-refractivity contribution < 1.29 is 29.0 Å². The topological polar surface area (TPSA) is 105 Å². The normalized spacial score (nSPS) is 17.4. The van der Waals surface area contributed by atoms with Crippen LogP contribution in [-0.2, 0) is 19.1 Å². The van der Waals surface area contributed by atoms with E-state index in [9.17, 15) is 19.5 Å². The van der Waals surface area contributed by atoms with Gasteiger partial charge in [0.2, 0.25) is 5.91 Å². The van der Waals surface area contributed by atoms with Gasteiger partial charge in [-0.3, -0.25) is 4.79 Å². The van der Waals surface area contributed by atoms with Gasteiger partial charge in [0, 0.05) is 39.0 Å². The number of alkyl carbamates (subject to hydrolysis) is 1. The molecule has 2 N–H and O–H groups in total. The molecular weight excluding hydrogens is 448 g/mol. The first-order chi connectivity index (χ1) is 16.8. The third-order valence-corrected chi connectivity index (χ3v) is 7.21. The summed E-state index contributed by atoms with van der Waals surface area (Å²) in [4.78, 5) is 39.2. The summed E-state index contributed by atoms with van der Waals surface area (Å²) in [6.07, 6.45) is -0.256. The molecule has 0 unspecified atom stereocenters. The number of amides is 2. The molecule has 4 rings (SSSR count). The maximum Gasteiger partial charge on any atom is 0.407 e. The highest BCUT2D eigenvalue weighted by Gasteiger charge is 2.44. The van der Waals surface area contributed by atoms with E-state index in [1.807, 2.05) is 38.1 Å². The lowest BCUT2D eigenvalue weighted by molar-refractivity contribution is -0.170. The number of carboxylic acids is 1. The van der Waals surface area contributed by atoms with E-state index in [2.05, 4.69) is 29.6 Å². The van der Waals surface area contributed by atoms with Gasteiger partial charge in [-0.15, -0.1) is 0 Å². The number of carbonyl (C=O) groups excluding carboxylic acids is 2. The number of carbonyl (C=O) groups is 3. The van der Waals surface area contributed by atoms with Crippen molar-refractivity contribution in [1.29, 1.82) is 0 Å². The molecular formula is C27H32N2O6. The molecule has 8 heteroatoms. The van der Waals surface area contributed by atoms with Gasteiger partial charge in [0.25, 0.3) is 0 Å². The number of hydrogen-bond acceptors (Lipinski definition) is 5. The lowest BCUT2D eigenvalue weighted by atomic mass is 9.90. The van der Waals surface area contributed by atoms with E-state index in [1.54, 1.807) is 4.90 Å². The molecule has 0 aromatic heterocycles. The Balaban J connectivity index is 1.39. The summed E-state index contributed by atoms with van der Waals surface area (Å²) in [5, 5.41) is 12.2. The summed E-state index contributed by atoms with van der Waals surface area (Å²) in [5.41, 5.74) is 3.25. The van der Waals surface area contributed by atoms with Crippen molar-refractivity contribution in [2.75, 3.05) is 26.8 Å². The Morgan fingerprint density at radius 3 is 2.06 bits per heavy atom. The van der Waals surface area contributed by atoms with Crippen molar-refractivity contribution in [3.63, 3.8) is 0 Å². The summed E-state index contributed by atoms with van der Waals surface area (Å²) < 4.78 is 10.9. The van der Waals surface area contributed by atoms with E-state index >= 15 is 0 Å². The fourth-order valence-electron chi connectivity index (χ4n) is 5.07. The SMILES string of the molecule is COC1(C(=O)O)CCN(C(=O)[C@@H](NC(=O)OCC2c3ccccc3-c3ccccc32)C(C)C)CC1. The minimum atomic E-state index is -1.27. The number of rotatable bonds is 7. The maximum absolute atomic E-state index is 13.2. The number of nitrogens with zero attached hydrogens (tertiary/aromatic N) is 1. The zero-order chi connectivity index (χ0) is 25.2. The number of benzene rings is 2. The molecule has 1 aliphatic carbocycles. The Kier molecular flexibility index (Phi) is 7.12. The standard InChI is InChI=1S/C27H32N2O6/c1-17(2)23(24(30)29-14-12-27(34-3,13-15-29)25(31)32)28-26(33)35-16-22-20-10-6-4-8-18(20)19-9-5-7-11-21(19)22/h4-11,17,22-23H,12-16H2,1-3H3,(H,28,33)(H,31,32)/t23-/m0/s1. The van der Waals surface area contributed by atoms with Crippen molar-refractivity contribution in [2.45, 2.75) is 44.2 Å². The second-order valence-corrected chi connectivity index (χ2v) is 9.52. The average molecular weight is 481 g/mol. The highest BCUT2D eigenvalue weighted by atomic mass is 16.5. The first-order valence-corrected chi connectivity index (χ1v) is 12.0. The molecule has 1 fully saturated rings. The smallest absolute Gasteiger partial charge is 0.407 e. The van der Waals surface area contributed by atoms with Crippen LogP contribution in [0, 0.1) is 5.92 Å². The van der Waals surface area contributed by atoms with Crippen molar-refractivity contribution in [3.05, 3.63) is 59.7 Å². The lowest BCUT2D eigenvalue weighted by Gasteiger charge is -2.39. The lowest BCUT2D eigenvalue weighted by Crippen LogP contribution is -2.57. The van der Waals surface area contributed by atoms with Crippen LogP contribution in [0.15, 0.2) is 48.5 Å². The predicted octanol–water partition coefficient (Wildman–Crippen LogP) is 3.64. The van der Waals surface area contributed by atoms with Crippen LogP contribution in [0.25, 0.3) is 11.1 Å². The minimum absolute atomic E-state index is 0.0679. The second-order valence-electron chi connectivity index (χ2n) is 9.52. The quantitative estimate of drug-likeness (QED) is 0.627. The Hall–Kier alpha value is -3.39. The van der Waals surface area contributed by atoms with E-state index in [0.717, 1.165) is 22.3 Å². The van der Waals surface area contributed by atoms with Gasteiger partial charge in [0.1, 0.15) is 12.6 Å². The zero-order valence-electron chi connectivity index (χ0n) is 20.3. The number of fused-ring (bicyclic) bond motifs is 3. The number of methoxy groups -OCH3 is 1. The molecule has 0 saturated carbocycles. The van der Waals surface area contributed by atoms with Crippen LogP contribution in [0.3, 0.4) is 0 Å². The van der Waals surface area contributed by atoms with Crippen LogP contribution in [-0.4, -0.2) is 66.4 Å². The Morgan fingerprint density at radius 1 is 1.03 bits per heavy atom. The number of carboxylic acid groups (broad SMARTS) is 1. The van der Waals surface area contributed by atoms with E-state index in [1.165, 1.54) is 7.11 Å². The van der Waals surface area contributed by atoms with Crippen molar-refractivity contribution in [3.8, 4) is 11.1 Å². The van der Waals surface area contributed by atoms with Crippen LogP contribution in [0.2, 0.25) is 0 Å². The fraction of sp³-hybridized carbons (Fsp3) is 0.444. The fourth-order valence-corrected chi connectivity index (χ4v) is 5.07. The van der Waals surface area contributed by atoms with Gasteiger partial charge in [-0.2, -0.15) is 0 Å². The molecule has 35 heavy (non-hydrogen) atoms. The number of piperidine rings is 1. The molecule has 8 nitrogen and oxygen atoms in total. The maximum atomic E-state index is 13.2. The number of likely N-dealkylation sites (tertiary alicyclic amines) is 1. The van der Waals surface area contributed by atoms with Gasteiger partial charge in [-0.25, -0.2) is 9.59 Å². The number of hydrogen-bond donors (Lipinski definition) is 2. The number of nitrogens with one attached hydrogen (secondary N) is 1. The van der Waals surface area contributed by atoms with E-state index < -0.39 is 23.7 Å². The first-order valence-electron chi connectivity index (χ1n) is 12.0. The molecule has 2 aromatic carbocycles. The van der Waals surface area contributed by atoms with Gasteiger partial charge in [0.15, 0.2) is 5.60 Å². The minimum Gasteiger partial charge on any atom is -0.479 e. The van der Waals surface area contributed by atoms with Crippen LogP contribution in [0.5, 0.6) is 0 Å². The summed E-state index contributed by atoms with van der Waals surface area (Å²) in [6, 6.07) is 15.4. The van der Waals surface area contributed by atoms with E-state index in [4.69, 9.17) is 9.47 Å². The van der Waals surface area contributed by atoms with Crippen molar-refractivity contribution in [2.24, 2.45) is 5.92 Å². The highest BCUT2D eigenvalue weighted by molar-refractivity contribution is 5.87. The molecule has 2 aromatic rings. The molecule has 1 saturated heterocycles. The Labute approximate surface area is 205 Å². The van der Waals surface area contributed by atoms with Gasteiger partial charge in [0.05, 0.1) is 0 Å². The number of aliphatic carboxylic acids is 1. The Morgan fingerprint density at radius 2 is 1.57 bits per heavy atom. The third-order valence-electron chi connectivity index (χ3n) is 7.21. The summed E-state index contributed by atoms with van der Waals surface area (Å²) in [7, 11) is 1.38. The van der Waals surface area contributed by atoms with Crippen LogP contribution < -0.4 is 5.32 Å². The molecule has 0 bridgehead atoms. The molecule has 2 amide bonds. The van der Waals surface area contributed by atoms with E-state index in [-0.39, 0.29) is 50.3 Å². The molecule has 1 aliphatic heterocycles. The van der Waals surface area contributed by atoms with Gasteiger partial charge in [-0.1, -0.05) is 62.4 Å². The largest absolute Gasteiger partial charge is 0.479 e. The molecule has 186 valence electrons. The summed E-state index contributed by atoms with van der Waals surface area (Å²) in [5.74, 6) is -1.51. The summed E-state index contributed by atoms with van der Waals surface area (Å²) >= 11 is 0. The van der Waals surface area contributed by atoms with Crippen molar-refractivity contribution >= 4 is 18.0 Å². The molecule has 0 radical (unpaired) electrons. The van der Waals surface area contributed by atoms with Gasteiger partial charge in [-0.05, 0) is 28.2 Å². The second kappa shape index (κ2) is 10.1. The van der Waals surface area contributed by atoms with Crippen LogP contribution in [0.1, 0.15) is 43.7 Å². The van der Waals surface area contributed by atoms with Gasteiger partial charge < -0.3 is 24.8 Å². The number of ether oxygens (including phenoxy) is 2. The zero-order valence-corrected chi connectivity index (χ0v) is 20.3. The average Bonchev–Trinajstić information content (AvgIpc) is 3.19.